The van der Waals surface area contributed by atoms with Gasteiger partial charge >= 0.3 is 11.9 Å². The number of esters is 2. The van der Waals surface area contributed by atoms with Gasteiger partial charge in [-0.1, -0.05) is 31.8 Å². The highest BCUT2D eigenvalue weighted by Crippen LogP contribution is 1.99. The highest BCUT2D eigenvalue weighted by atomic mass is 16.5. The van der Waals surface area contributed by atoms with Crippen molar-refractivity contribution >= 4 is 11.9 Å². The molecule has 0 saturated heterocycles. The van der Waals surface area contributed by atoms with Crippen LogP contribution in [0.25, 0.3) is 0 Å². The number of hydrogen-bond donors (Lipinski definition) is 0. The number of ether oxygens (including phenoxy) is 2. The monoisotopic (exact) mass is 268 g/mol. The van der Waals surface area contributed by atoms with Crippen LogP contribution in [0.5, 0.6) is 0 Å². The SMILES string of the molecule is C=C(C)CCOC(=O)/C=C/C(=O)OCCCCCC. The lowest BCUT2D eigenvalue weighted by atomic mass is 10.2. The molecule has 0 heterocycles. The molecule has 0 unspecified atom stereocenters. The molecule has 4 heteroatoms. The molecular weight excluding hydrogens is 244 g/mol. The number of unbranched alkanes of at least 4 members (excludes halogenated alkanes) is 3. The normalized spacial score (nSPS) is 10.4. The fourth-order valence-corrected chi connectivity index (χ4v) is 1.26. The number of carbonyl (C=O) groups excluding carboxylic acids is 2. The minimum Gasteiger partial charge on any atom is -0.463 e. The summed E-state index contributed by atoms with van der Waals surface area (Å²) in [6.45, 7) is 8.36. The van der Waals surface area contributed by atoms with E-state index in [1.54, 1.807) is 0 Å². The fraction of sp³-hybridized carbons (Fsp3) is 0.600. The van der Waals surface area contributed by atoms with Gasteiger partial charge in [0.2, 0.25) is 0 Å². The topological polar surface area (TPSA) is 52.6 Å². The number of carbonyl (C=O) groups is 2. The van der Waals surface area contributed by atoms with E-state index in [1.165, 1.54) is 0 Å². The minimum atomic E-state index is -0.538. The average molecular weight is 268 g/mol. The summed E-state index contributed by atoms with van der Waals surface area (Å²) in [6.07, 6.45) is 7.01. The second-order valence-electron chi connectivity index (χ2n) is 4.44. The third-order valence-electron chi connectivity index (χ3n) is 2.37. The molecule has 0 spiro atoms. The summed E-state index contributed by atoms with van der Waals surface area (Å²) in [7, 11) is 0. The Morgan fingerprint density at radius 2 is 1.58 bits per heavy atom. The van der Waals surface area contributed by atoms with Gasteiger partial charge in [0.05, 0.1) is 13.2 Å². The Kier molecular flexibility index (Phi) is 10.6. The Bertz CT molecular complexity index is 318. The molecule has 0 aromatic rings. The van der Waals surface area contributed by atoms with Gasteiger partial charge in [-0.05, 0) is 13.3 Å². The van der Waals surface area contributed by atoms with Crippen LogP contribution in [0.15, 0.2) is 24.3 Å². The Morgan fingerprint density at radius 1 is 1.00 bits per heavy atom. The van der Waals surface area contributed by atoms with Crippen molar-refractivity contribution in [3.05, 3.63) is 24.3 Å². The van der Waals surface area contributed by atoms with Crippen molar-refractivity contribution in [1.82, 2.24) is 0 Å². The molecule has 0 bridgehead atoms. The minimum absolute atomic E-state index is 0.282. The third kappa shape index (κ3) is 12.7. The van der Waals surface area contributed by atoms with Crippen molar-refractivity contribution in [2.75, 3.05) is 13.2 Å². The van der Waals surface area contributed by atoms with E-state index >= 15 is 0 Å². The van der Waals surface area contributed by atoms with Gasteiger partial charge in [0.25, 0.3) is 0 Å². The van der Waals surface area contributed by atoms with Gasteiger partial charge in [-0.25, -0.2) is 9.59 Å². The molecule has 0 fully saturated rings. The predicted octanol–water partition coefficient (Wildman–Crippen LogP) is 3.18. The highest BCUT2D eigenvalue weighted by molar-refractivity contribution is 5.91. The molecule has 0 saturated carbocycles. The highest BCUT2D eigenvalue weighted by Gasteiger charge is 2.01. The first-order valence-corrected chi connectivity index (χ1v) is 6.72. The Balaban J connectivity index is 3.64. The molecular formula is C15H24O4. The lowest BCUT2D eigenvalue weighted by molar-refractivity contribution is -0.140. The van der Waals surface area contributed by atoms with E-state index in [4.69, 9.17) is 9.47 Å². The summed E-state index contributed by atoms with van der Waals surface area (Å²) >= 11 is 0. The first kappa shape index (κ1) is 17.4. The van der Waals surface area contributed by atoms with Crippen LogP contribution >= 0.6 is 0 Å². The predicted molar refractivity (Wildman–Crippen MR) is 74.6 cm³/mol. The van der Waals surface area contributed by atoms with Crippen LogP contribution in [0.1, 0.15) is 46.0 Å². The maximum absolute atomic E-state index is 11.2. The van der Waals surface area contributed by atoms with Crippen LogP contribution in [0.3, 0.4) is 0 Å². The Labute approximate surface area is 115 Å². The first-order chi connectivity index (χ1) is 9.06. The first-order valence-electron chi connectivity index (χ1n) is 6.72. The molecule has 0 aliphatic heterocycles. The molecule has 108 valence electrons. The zero-order valence-electron chi connectivity index (χ0n) is 11.9. The van der Waals surface area contributed by atoms with Gasteiger partial charge in [0.15, 0.2) is 0 Å². The maximum Gasteiger partial charge on any atom is 0.331 e. The zero-order chi connectivity index (χ0) is 14.5. The lowest BCUT2D eigenvalue weighted by Crippen LogP contribution is -2.06. The van der Waals surface area contributed by atoms with E-state index in [0.717, 1.165) is 43.4 Å². The van der Waals surface area contributed by atoms with Crippen molar-refractivity contribution in [1.29, 1.82) is 0 Å². The van der Waals surface area contributed by atoms with Crippen LogP contribution in [0.4, 0.5) is 0 Å². The molecule has 0 aliphatic carbocycles. The van der Waals surface area contributed by atoms with E-state index in [1.807, 2.05) is 6.92 Å². The van der Waals surface area contributed by atoms with Crippen molar-refractivity contribution in [2.24, 2.45) is 0 Å². The van der Waals surface area contributed by atoms with Gasteiger partial charge < -0.3 is 9.47 Å². The van der Waals surface area contributed by atoms with Gasteiger partial charge in [-0.2, -0.15) is 0 Å². The van der Waals surface area contributed by atoms with E-state index < -0.39 is 11.9 Å². The molecule has 0 aliphatic rings. The Morgan fingerprint density at radius 3 is 2.11 bits per heavy atom. The smallest absolute Gasteiger partial charge is 0.331 e. The molecule has 0 atom stereocenters. The standard InChI is InChI=1S/C15H24O4/c1-4-5-6-7-11-18-14(16)8-9-15(17)19-12-10-13(2)3/h8-9H,2,4-7,10-12H2,1,3H3/b9-8+. The largest absolute Gasteiger partial charge is 0.463 e. The number of rotatable bonds is 10. The van der Waals surface area contributed by atoms with E-state index in [9.17, 15) is 9.59 Å². The molecule has 0 aromatic heterocycles. The molecule has 19 heavy (non-hydrogen) atoms. The molecule has 0 aromatic carbocycles. The van der Waals surface area contributed by atoms with E-state index in [-0.39, 0.29) is 6.61 Å². The van der Waals surface area contributed by atoms with Gasteiger partial charge in [-0.15, -0.1) is 6.58 Å². The molecule has 0 N–H and O–H groups in total. The van der Waals surface area contributed by atoms with Crippen LogP contribution in [0, 0.1) is 0 Å². The summed E-state index contributed by atoms with van der Waals surface area (Å²) in [5, 5.41) is 0. The van der Waals surface area contributed by atoms with Gasteiger partial charge in [0, 0.05) is 18.6 Å². The lowest BCUT2D eigenvalue weighted by Gasteiger charge is -2.02. The second-order valence-corrected chi connectivity index (χ2v) is 4.44. The van der Waals surface area contributed by atoms with Crippen LogP contribution in [0.2, 0.25) is 0 Å². The van der Waals surface area contributed by atoms with Gasteiger partial charge in [-0.3, -0.25) is 0 Å². The van der Waals surface area contributed by atoms with Gasteiger partial charge in [0.1, 0.15) is 0 Å². The van der Waals surface area contributed by atoms with Crippen molar-refractivity contribution < 1.29 is 19.1 Å². The maximum atomic E-state index is 11.2. The second kappa shape index (κ2) is 11.5. The van der Waals surface area contributed by atoms with E-state index in [2.05, 4.69) is 13.5 Å². The van der Waals surface area contributed by atoms with Crippen molar-refractivity contribution in [2.45, 2.75) is 46.0 Å². The molecule has 0 amide bonds. The summed E-state index contributed by atoms with van der Waals surface area (Å²) in [5.74, 6) is -1.04. The third-order valence-corrected chi connectivity index (χ3v) is 2.37. The fourth-order valence-electron chi connectivity index (χ4n) is 1.26. The average Bonchev–Trinajstić information content (AvgIpc) is 2.35. The summed E-state index contributed by atoms with van der Waals surface area (Å²) in [6, 6.07) is 0. The summed E-state index contributed by atoms with van der Waals surface area (Å²) in [5.41, 5.74) is 0.947. The van der Waals surface area contributed by atoms with Crippen LogP contribution in [-0.2, 0) is 19.1 Å². The zero-order valence-corrected chi connectivity index (χ0v) is 11.9. The number of hydrogen-bond acceptors (Lipinski definition) is 4. The summed E-state index contributed by atoms with van der Waals surface area (Å²) in [4.78, 5) is 22.4. The Hall–Kier alpha value is -1.58. The van der Waals surface area contributed by atoms with Crippen LogP contribution < -0.4 is 0 Å². The van der Waals surface area contributed by atoms with E-state index in [0.29, 0.717) is 13.0 Å². The van der Waals surface area contributed by atoms with Crippen LogP contribution in [-0.4, -0.2) is 25.2 Å². The molecule has 0 rings (SSSR count). The van der Waals surface area contributed by atoms with Crippen molar-refractivity contribution in [3.63, 3.8) is 0 Å². The van der Waals surface area contributed by atoms with Crippen molar-refractivity contribution in [3.8, 4) is 0 Å². The molecule has 4 nitrogen and oxygen atoms in total. The summed E-state index contributed by atoms with van der Waals surface area (Å²) < 4.78 is 9.80. The quantitative estimate of drug-likeness (QED) is 0.264. The molecule has 0 radical (unpaired) electrons.